The normalized spacial score (nSPS) is 19.0. The molecular weight excluding hydrogens is 432 g/mol. The van der Waals surface area contributed by atoms with E-state index in [1.165, 1.54) is 0 Å². The van der Waals surface area contributed by atoms with Crippen molar-refractivity contribution in [3.05, 3.63) is 57.9 Å². The van der Waals surface area contributed by atoms with Gasteiger partial charge in [0.25, 0.3) is 0 Å². The smallest absolute Gasteiger partial charge is 0.247 e. The molecule has 31 heavy (non-hydrogen) atoms. The lowest BCUT2D eigenvalue weighted by molar-refractivity contribution is -0.140. The lowest BCUT2D eigenvalue weighted by Crippen LogP contribution is -2.47. The number of hydrogen-bond donors (Lipinski definition) is 0. The Labute approximate surface area is 192 Å². The number of aryl methyl sites for hydroxylation is 1. The fourth-order valence-corrected chi connectivity index (χ4v) is 5.51. The fourth-order valence-electron chi connectivity index (χ4n) is 4.16. The molecule has 8 heteroatoms. The van der Waals surface area contributed by atoms with Crippen LogP contribution in [0.2, 0.25) is 5.02 Å². The Morgan fingerprint density at radius 1 is 1.23 bits per heavy atom. The Bertz CT molecular complexity index is 1010. The van der Waals surface area contributed by atoms with Crippen molar-refractivity contribution in [1.82, 2.24) is 19.6 Å². The zero-order valence-corrected chi connectivity index (χ0v) is 19.5. The molecule has 1 atom stereocenters. The molecule has 0 spiro atoms. The van der Waals surface area contributed by atoms with Crippen molar-refractivity contribution in [1.29, 1.82) is 0 Å². The maximum absolute atomic E-state index is 12.9. The van der Waals surface area contributed by atoms with Crippen molar-refractivity contribution >= 4 is 41.3 Å². The number of carbonyl (C=O) groups excluding carboxylic acids is 2. The predicted molar refractivity (Wildman–Crippen MR) is 125 cm³/mol. The first kappa shape index (κ1) is 22.0. The molecule has 0 saturated carbocycles. The summed E-state index contributed by atoms with van der Waals surface area (Å²) in [5.74, 6) is 1.18. The SMILES string of the molecule is Cc1nn(Cc2ccccc2Cl)c(C)c1C=CC(=O)N1CSCC1C(=O)N1CCCC1. The summed E-state index contributed by atoms with van der Waals surface area (Å²) < 4.78 is 1.91. The Balaban J connectivity index is 1.48. The number of thioether (sulfide) groups is 1. The van der Waals surface area contributed by atoms with E-state index in [9.17, 15) is 9.59 Å². The van der Waals surface area contributed by atoms with Crippen LogP contribution in [-0.2, 0) is 16.1 Å². The van der Waals surface area contributed by atoms with Crippen molar-refractivity contribution in [2.75, 3.05) is 24.7 Å². The summed E-state index contributed by atoms with van der Waals surface area (Å²) in [7, 11) is 0. The van der Waals surface area contributed by atoms with E-state index in [1.807, 2.05) is 53.8 Å². The van der Waals surface area contributed by atoms with E-state index in [0.29, 0.717) is 23.2 Å². The second-order valence-corrected chi connectivity index (χ2v) is 9.43. The van der Waals surface area contributed by atoms with Crippen LogP contribution in [0.5, 0.6) is 0 Å². The van der Waals surface area contributed by atoms with Crippen LogP contribution < -0.4 is 0 Å². The first-order valence-electron chi connectivity index (χ1n) is 10.6. The zero-order valence-electron chi connectivity index (χ0n) is 17.9. The van der Waals surface area contributed by atoms with Crippen LogP contribution in [0.3, 0.4) is 0 Å². The van der Waals surface area contributed by atoms with Gasteiger partial charge < -0.3 is 9.80 Å². The molecule has 2 aliphatic rings. The summed E-state index contributed by atoms with van der Waals surface area (Å²) in [5, 5.41) is 5.35. The lowest BCUT2D eigenvalue weighted by Gasteiger charge is -2.26. The molecule has 2 aromatic rings. The number of rotatable bonds is 5. The molecule has 1 aromatic carbocycles. The van der Waals surface area contributed by atoms with Gasteiger partial charge in [-0.3, -0.25) is 14.3 Å². The summed E-state index contributed by atoms with van der Waals surface area (Å²) in [5.41, 5.74) is 3.75. The van der Waals surface area contributed by atoms with Crippen molar-refractivity contribution in [2.45, 2.75) is 39.3 Å². The summed E-state index contributed by atoms with van der Waals surface area (Å²) in [6.07, 6.45) is 5.50. The molecule has 0 N–H and O–H groups in total. The number of likely N-dealkylation sites (tertiary alicyclic amines) is 1. The third-order valence-corrected chi connectivity index (χ3v) is 7.36. The number of carbonyl (C=O) groups is 2. The summed E-state index contributed by atoms with van der Waals surface area (Å²) >= 11 is 7.93. The quantitative estimate of drug-likeness (QED) is 0.640. The number of halogens is 1. The van der Waals surface area contributed by atoms with Crippen LogP contribution in [0.25, 0.3) is 6.08 Å². The van der Waals surface area contributed by atoms with E-state index in [0.717, 1.165) is 48.4 Å². The van der Waals surface area contributed by atoms with Crippen molar-refractivity contribution in [3.63, 3.8) is 0 Å². The van der Waals surface area contributed by atoms with Crippen LogP contribution in [-0.4, -0.2) is 62.2 Å². The molecule has 1 aromatic heterocycles. The van der Waals surface area contributed by atoms with Gasteiger partial charge in [-0.15, -0.1) is 11.8 Å². The number of benzene rings is 1. The predicted octanol–water partition coefficient (Wildman–Crippen LogP) is 3.74. The molecule has 3 heterocycles. The highest BCUT2D eigenvalue weighted by molar-refractivity contribution is 7.99. The van der Waals surface area contributed by atoms with E-state index >= 15 is 0 Å². The first-order valence-corrected chi connectivity index (χ1v) is 12.1. The molecule has 6 nitrogen and oxygen atoms in total. The first-order chi connectivity index (χ1) is 15.0. The second kappa shape index (κ2) is 9.49. The van der Waals surface area contributed by atoms with Crippen LogP contribution in [0, 0.1) is 13.8 Å². The molecule has 2 aliphatic heterocycles. The van der Waals surface area contributed by atoms with E-state index in [-0.39, 0.29) is 17.9 Å². The van der Waals surface area contributed by atoms with Gasteiger partial charge >= 0.3 is 0 Å². The Hall–Kier alpha value is -2.25. The average molecular weight is 459 g/mol. The minimum absolute atomic E-state index is 0.0872. The van der Waals surface area contributed by atoms with E-state index < -0.39 is 0 Å². The van der Waals surface area contributed by atoms with Crippen LogP contribution in [0.4, 0.5) is 0 Å². The van der Waals surface area contributed by atoms with Gasteiger partial charge in [-0.2, -0.15) is 5.10 Å². The molecule has 0 bridgehead atoms. The van der Waals surface area contributed by atoms with Gasteiger partial charge in [-0.05, 0) is 44.4 Å². The van der Waals surface area contributed by atoms with Crippen LogP contribution >= 0.6 is 23.4 Å². The standard InChI is InChI=1S/C23H27ClN4O2S/c1-16-19(17(2)28(25-16)13-18-7-3-4-8-20(18)24)9-10-22(29)27-15-31-14-21(27)23(30)26-11-5-6-12-26/h3-4,7-10,21H,5-6,11-15H2,1-2H3. The number of aromatic nitrogens is 2. The number of nitrogens with zero attached hydrogens (tertiary/aromatic N) is 4. The van der Waals surface area contributed by atoms with E-state index in [4.69, 9.17) is 11.6 Å². The van der Waals surface area contributed by atoms with Gasteiger partial charge in [0.2, 0.25) is 11.8 Å². The minimum atomic E-state index is -0.356. The van der Waals surface area contributed by atoms with Crippen molar-refractivity contribution in [3.8, 4) is 0 Å². The van der Waals surface area contributed by atoms with Gasteiger partial charge in [-0.25, -0.2) is 0 Å². The number of amides is 2. The van der Waals surface area contributed by atoms with Gasteiger partial charge in [0.15, 0.2) is 0 Å². The topological polar surface area (TPSA) is 58.4 Å². The van der Waals surface area contributed by atoms with Crippen LogP contribution in [0.1, 0.15) is 35.4 Å². The fraction of sp³-hybridized carbons (Fsp3) is 0.435. The highest BCUT2D eigenvalue weighted by atomic mass is 35.5. The summed E-state index contributed by atoms with van der Waals surface area (Å²) in [6, 6.07) is 7.37. The maximum atomic E-state index is 12.9. The van der Waals surface area contributed by atoms with Gasteiger partial charge in [-0.1, -0.05) is 29.8 Å². The Morgan fingerprint density at radius 3 is 2.71 bits per heavy atom. The molecular formula is C23H27ClN4O2S. The third kappa shape index (κ3) is 4.67. The molecule has 1 unspecified atom stereocenters. The molecule has 4 rings (SSSR count). The van der Waals surface area contributed by atoms with Gasteiger partial charge in [0.05, 0.1) is 18.1 Å². The molecule has 0 aliphatic carbocycles. The highest BCUT2D eigenvalue weighted by Gasteiger charge is 2.36. The highest BCUT2D eigenvalue weighted by Crippen LogP contribution is 2.25. The van der Waals surface area contributed by atoms with E-state index in [2.05, 4.69) is 5.10 Å². The second-order valence-electron chi connectivity index (χ2n) is 8.02. The molecule has 2 saturated heterocycles. The van der Waals surface area contributed by atoms with Crippen molar-refractivity contribution < 1.29 is 9.59 Å². The summed E-state index contributed by atoms with van der Waals surface area (Å²) in [6.45, 7) is 6.11. The summed E-state index contributed by atoms with van der Waals surface area (Å²) in [4.78, 5) is 29.3. The molecule has 0 radical (unpaired) electrons. The molecule has 164 valence electrons. The van der Waals surface area contributed by atoms with Crippen molar-refractivity contribution in [2.24, 2.45) is 0 Å². The van der Waals surface area contributed by atoms with Gasteiger partial charge in [0, 0.05) is 41.2 Å². The largest absolute Gasteiger partial charge is 0.341 e. The molecule has 2 fully saturated rings. The van der Waals surface area contributed by atoms with E-state index in [1.54, 1.807) is 22.7 Å². The lowest BCUT2D eigenvalue weighted by atomic mass is 10.1. The average Bonchev–Trinajstić information content (AvgIpc) is 3.50. The van der Waals surface area contributed by atoms with Crippen LogP contribution in [0.15, 0.2) is 30.3 Å². The minimum Gasteiger partial charge on any atom is -0.341 e. The third-order valence-electron chi connectivity index (χ3n) is 5.98. The Kier molecular flexibility index (Phi) is 6.72. The Morgan fingerprint density at radius 2 is 1.97 bits per heavy atom. The number of hydrogen-bond acceptors (Lipinski definition) is 4. The molecule has 2 amide bonds. The van der Waals surface area contributed by atoms with Gasteiger partial charge in [0.1, 0.15) is 6.04 Å². The monoisotopic (exact) mass is 458 g/mol. The maximum Gasteiger partial charge on any atom is 0.247 e. The zero-order chi connectivity index (χ0) is 22.0.